The third-order valence-electron chi connectivity index (χ3n) is 3.15. The molecule has 2 aromatic carbocycles. The number of rotatable bonds is 5. The zero-order valence-corrected chi connectivity index (χ0v) is 13.8. The largest absolute Gasteiger partial charge is 0.374 e. The Bertz CT molecular complexity index is 662. The Morgan fingerprint density at radius 1 is 1.29 bits per heavy atom. The molecule has 0 saturated heterocycles. The zero-order chi connectivity index (χ0) is 15.4. The zero-order valence-electron chi connectivity index (χ0n) is 11.4. The van der Waals surface area contributed by atoms with Crippen molar-refractivity contribution in [3.05, 3.63) is 63.3 Å². The molecule has 0 aliphatic heterocycles. The van der Waals surface area contributed by atoms with Gasteiger partial charge in [0.2, 0.25) is 0 Å². The minimum atomic E-state index is -0.290. The normalized spacial score (nSPS) is 10.5. The Morgan fingerprint density at radius 2 is 2.05 bits per heavy atom. The lowest BCUT2D eigenvalue weighted by atomic mass is 10.1. The predicted molar refractivity (Wildman–Crippen MR) is 87.8 cm³/mol. The lowest BCUT2D eigenvalue weighted by Gasteiger charge is -2.19. The van der Waals surface area contributed by atoms with Gasteiger partial charge in [0.1, 0.15) is 5.82 Å². The Hall–Kier alpha value is -1.39. The summed E-state index contributed by atoms with van der Waals surface area (Å²) in [6.07, 6.45) is 0.314. The minimum absolute atomic E-state index is 0.0317. The molecule has 0 fully saturated rings. The molecule has 0 aliphatic carbocycles. The van der Waals surface area contributed by atoms with Crippen LogP contribution >= 0.6 is 27.5 Å². The molecule has 2 aromatic rings. The second-order valence-corrected chi connectivity index (χ2v) is 6.02. The Balaban J connectivity index is 2.00. The van der Waals surface area contributed by atoms with Crippen molar-refractivity contribution in [2.24, 2.45) is 0 Å². The van der Waals surface area contributed by atoms with Gasteiger partial charge in [-0.25, -0.2) is 4.39 Å². The molecule has 2 nitrogen and oxygen atoms in total. The van der Waals surface area contributed by atoms with Gasteiger partial charge in [0.15, 0.2) is 5.78 Å². The molecule has 0 spiro atoms. The monoisotopic (exact) mass is 369 g/mol. The fraction of sp³-hybridized carbons (Fsp3) is 0.188. The van der Waals surface area contributed by atoms with Crippen LogP contribution in [0, 0.1) is 5.82 Å². The molecular formula is C16H14BrClFNO. The number of Topliss-reactive ketones (excluding diaryl/α,β-unsaturated/α-hetero) is 1. The SMILES string of the molecule is CN(CCC(=O)c1ccc(Br)cc1Cl)c1cccc(F)c1. The minimum Gasteiger partial charge on any atom is -0.374 e. The molecule has 0 bridgehead atoms. The van der Waals surface area contributed by atoms with Crippen LogP contribution in [-0.4, -0.2) is 19.4 Å². The van der Waals surface area contributed by atoms with Crippen LogP contribution in [0.1, 0.15) is 16.8 Å². The third-order valence-corrected chi connectivity index (χ3v) is 3.96. The molecule has 0 amide bonds. The number of benzene rings is 2. The maximum atomic E-state index is 13.2. The second kappa shape index (κ2) is 7.05. The van der Waals surface area contributed by atoms with Crippen LogP contribution in [0.15, 0.2) is 46.9 Å². The molecule has 0 N–H and O–H groups in total. The molecule has 0 heterocycles. The van der Waals surface area contributed by atoms with E-state index in [0.717, 1.165) is 10.2 Å². The van der Waals surface area contributed by atoms with Gasteiger partial charge >= 0.3 is 0 Å². The molecule has 0 aliphatic rings. The van der Waals surface area contributed by atoms with E-state index < -0.39 is 0 Å². The van der Waals surface area contributed by atoms with Gasteiger partial charge in [0.25, 0.3) is 0 Å². The number of anilines is 1. The predicted octanol–water partition coefficient (Wildman–Crippen LogP) is 4.95. The number of hydrogen-bond donors (Lipinski definition) is 0. The molecule has 0 saturated carbocycles. The van der Waals surface area contributed by atoms with E-state index in [4.69, 9.17) is 11.6 Å². The van der Waals surface area contributed by atoms with Crippen molar-refractivity contribution in [3.63, 3.8) is 0 Å². The van der Waals surface area contributed by atoms with Crippen molar-refractivity contribution in [2.45, 2.75) is 6.42 Å². The van der Waals surface area contributed by atoms with Crippen molar-refractivity contribution in [1.29, 1.82) is 0 Å². The molecule has 0 atom stereocenters. The molecule has 21 heavy (non-hydrogen) atoms. The summed E-state index contributed by atoms with van der Waals surface area (Å²) in [5.74, 6) is -0.322. The number of carbonyl (C=O) groups excluding carboxylic acids is 1. The summed E-state index contributed by atoms with van der Waals surface area (Å²) < 4.78 is 14.0. The van der Waals surface area contributed by atoms with E-state index in [0.29, 0.717) is 23.6 Å². The van der Waals surface area contributed by atoms with Crippen LogP contribution in [0.25, 0.3) is 0 Å². The Kier molecular flexibility index (Phi) is 5.37. The molecular weight excluding hydrogens is 357 g/mol. The van der Waals surface area contributed by atoms with Gasteiger partial charge in [-0.3, -0.25) is 4.79 Å². The first-order chi connectivity index (χ1) is 9.97. The van der Waals surface area contributed by atoms with Crippen LogP contribution in [0.3, 0.4) is 0 Å². The number of carbonyl (C=O) groups is 1. The van der Waals surface area contributed by atoms with E-state index in [2.05, 4.69) is 15.9 Å². The lowest BCUT2D eigenvalue weighted by Crippen LogP contribution is -2.21. The second-order valence-electron chi connectivity index (χ2n) is 4.70. The van der Waals surface area contributed by atoms with Gasteiger partial charge in [0, 0.05) is 35.7 Å². The highest BCUT2D eigenvalue weighted by Gasteiger charge is 2.12. The van der Waals surface area contributed by atoms with Crippen LogP contribution in [0.4, 0.5) is 10.1 Å². The van der Waals surface area contributed by atoms with Crippen molar-refractivity contribution in [3.8, 4) is 0 Å². The van der Waals surface area contributed by atoms with Crippen molar-refractivity contribution in [2.75, 3.05) is 18.5 Å². The average molecular weight is 371 g/mol. The summed E-state index contributed by atoms with van der Waals surface area (Å²) in [5, 5.41) is 0.433. The summed E-state index contributed by atoms with van der Waals surface area (Å²) in [5.41, 5.74) is 1.25. The smallest absolute Gasteiger partial charge is 0.166 e. The van der Waals surface area contributed by atoms with Gasteiger partial charge in [-0.2, -0.15) is 0 Å². The molecule has 5 heteroatoms. The maximum absolute atomic E-state index is 13.2. The first-order valence-corrected chi connectivity index (χ1v) is 7.59. The number of hydrogen-bond acceptors (Lipinski definition) is 2. The molecule has 110 valence electrons. The Labute approximate surface area is 136 Å². The van der Waals surface area contributed by atoms with Gasteiger partial charge in [-0.1, -0.05) is 33.6 Å². The molecule has 0 radical (unpaired) electrons. The highest BCUT2D eigenvalue weighted by molar-refractivity contribution is 9.10. The van der Waals surface area contributed by atoms with Crippen LogP contribution in [0.5, 0.6) is 0 Å². The van der Waals surface area contributed by atoms with E-state index in [1.165, 1.54) is 12.1 Å². The van der Waals surface area contributed by atoms with Gasteiger partial charge < -0.3 is 4.90 Å². The average Bonchev–Trinajstić information content (AvgIpc) is 2.44. The topological polar surface area (TPSA) is 20.3 Å². The summed E-state index contributed by atoms with van der Waals surface area (Å²) in [4.78, 5) is 14.0. The first kappa shape index (κ1) is 16.0. The quantitative estimate of drug-likeness (QED) is 0.694. The van der Waals surface area contributed by atoms with Gasteiger partial charge in [0.05, 0.1) is 5.02 Å². The first-order valence-electron chi connectivity index (χ1n) is 6.42. The molecule has 0 aromatic heterocycles. The summed E-state index contributed by atoms with van der Waals surface area (Å²) in [7, 11) is 1.82. The number of halogens is 3. The number of nitrogens with zero attached hydrogens (tertiary/aromatic N) is 1. The van der Waals surface area contributed by atoms with Crippen molar-refractivity contribution >= 4 is 39.0 Å². The highest BCUT2D eigenvalue weighted by Crippen LogP contribution is 2.23. The molecule has 0 unspecified atom stereocenters. The fourth-order valence-corrected chi connectivity index (χ4v) is 2.74. The van der Waals surface area contributed by atoms with Crippen LogP contribution < -0.4 is 4.90 Å². The molecule has 2 rings (SSSR count). The van der Waals surface area contributed by atoms with Gasteiger partial charge in [-0.05, 0) is 36.4 Å². The third kappa shape index (κ3) is 4.29. The van der Waals surface area contributed by atoms with E-state index in [9.17, 15) is 9.18 Å². The fourth-order valence-electron chi connectivity index (χ4n) is 1.96. The Morgan fingerprint density at radius 3 is 2.71 bits per heavy atom. The number of ketones is 1. The van der Waals surface area contributed by atoms with E-state index >= 15 is 0 Å². The summed E-state index contributed by atoms with van der Waals surface area (Å²) >= 11 is 9.37. The lowest BCUT2D eigenvalue weighted by molar-refractivity contribution is 0.0985. The van der Waals surface area contributed by atoms with Crippen LogP contribution in [0.2, 0.25) is 5.02 Å². The maximum Gasteiger partial charge on any atom is 0.166 e. The van der Waals surface area contributed by atoms with E-state index in [1.807, 2.05) is 11.9 Å². The summed E-state index contributed by atoms with van der Waals surface area (Å²) in [6, 6.07) is 11.5. The van der Waals surface area contributed by atoms with Crippen molar-refractivity contribution < 1.29 is 9.18 Å². The van der Waals surface area contributed by atoms with Crippen molar-refractivity contribution in [1.82, 2.24) is 0 Å². The summed E-state index contributed by atoms with van der Waals surface area (Å²) in [6.45, 7) is 0.495. The van der Waals surface area contributed by atoms with E-state index in [-0.39, 0.29) is 11.6 Å². The van der Waals surface area contributed by atoms with Crippen LogP contribution in [-0.2, 0) is 0 Å². The van der Waals surface area contributed by atoms with Gasteiger partial charge in [-0.15, -0.1) is 0 Å². The standard InChI is InChI=1S/C16H14BrClFNO/c1-20(13-4-2-3-12(19)10-13)8-7-16(21)14-6-5-11(17)9-15(14)18/h2-6,9-10H,7-8H2,1H3. The van der Waals surface area contributed by atoms with E-state index in [1.54, 1.807) is 30.3 Å². The highest BCUT2D eigenvalue weighted by atomic mass is 79.9.